The van der Waals surface area contributed by atoms with Gasteiger partial charge < -0.3 is 14.5 Å². The fraction of sp³-hybridized carbons (Fsp3) is 0.875. The number of alkyl halides is 3. The molecule has 0 aromatic rings. The van der Waals surface area contributed by atoms with Crippen LogP contribution < -0.4 is 0 Å². The Labute approximate surface area is 141 Å². The van der Waals surface area contributed by atoms with Crippen LogP contribution in [-0.4, -0.2) is 58.8 Å². The maximum Gasteiger partial charge on any atom is 0.410 e. The lowest BCUT2D eigenvalue weighted by Crippen LogP contribution is -2.60. The molecule has 1 aliphatic rings. The minimum atomic E-state index is -4.39. The lowest BCUT2D eigenvalue weighted by Gasteiger charge is -2.44. The number of ether oxygens (including phenoxy) is 1. The first kappa shape index (κ1) is 20.6. The van der Waals surface area contributed by atoms with Gasteiger partial charge in [0.25, 0.3) is 0 Å². The van der Waals surface area contributed by atoms with Gasteiger partial charge in [0.05, 0.1) is 5.92 Å². The summed E-state index contributed by atoms with van der Waals surface area (Å²) >= 11 is 0. The van der Waals surface area contributed by atoms with Gasteiger partial charge >= 0.3 is 12.3 Å². The van der Waals surface area contributed by atoms with Gasteiger partial charge in [-0.1, -0.05) is 6.92 Å². The number of carbonyl (C=O) groups excluding carboxylic acids is 2. The van der Waals surface area contributed by atoms with Crippen molar-refractivity contribution in [3.63, 3.8) is 0 Å². The van der Waals surface area contributed by atoms with Crippen LogP contribution in [0.4, 0.5) is 18.0 Å². The van der Waals surface area contributed by atoms with E-state index in [1.807, 2.05) is 0 Å². The van der Waals surface area contributed by atoms with E-state index in [4.69, 9.17) is 4.74 Å². The maximum atomic E-state index is 12.6. The zero-order valence-corrected chi connectivity index (χ0v) is 15.1. The third-order valence-electron chi connectivity index (χ3n) is 3.97. The van der Waals surface area contributed by atoms with Crippen LogP contribution in [0.15, 0.2) is 0 Å². The summed E-state index contributed by atoms with van der Waals surface area (Å²) < 4.78 is 43.2. The third-order valence-corrected chi connectivity index (χ3v) is 3.97. The summed E-state index contributed by atoms with van der Waals surface area (Å²) in [5, 5.41) is 0. The van der Waals surface area contributed by atoms with E-state index in [9.17, 15) is 22.8 Å². The van der Waals surface area contributed by atoms with Gasteiger partial charge in [0.1, 0.15) is 5.60 Å². The van der Waals surface area contributed by atoms with E-state index in [1.165, 1.54) is 9.80 Å². The topological polar surface area (TPSA) is 49.9 Å². The molecule has 0 aromatic carbocycles. The van der Waals surface area contributed by atoms with E-state index in [1.54, 1.807) is 34.6 Å². The minimum Gasteiger partial charge on any atom is -0.444 e. The minimum absolute atomic E-state index is 0.198. The molecule has 1 rings (SSSR count). The monoisotopic (exact) mass is 352 g/mol. The quantitative estimate of drug-likeness (QED) is 0.765. The van der Waals surface area contributed by atoms with Gasteiger partial charge in [-0.15, -0.1) is 0 Å². The van der Waals surface area contributed by atoms with Gasteiger partial charge in [-0.2, -0.15) is 13.2 Å². The molecule has 1 aliphatic heterocycles. The van der Waals surface area contributed by atoms with Gasteiger partial charge in [0, 0.05) is 31.6 Å². The second kappa shape index (κ2) is 7.19. The van der Waals surface area contributed by atoms with E-state index >= 15 is 0 Å². The molecule has 3 atom stereocenters. The Morgan fingerprint density at radius 2 is 1.54 bits per heavy atom. The molecule has 140 valence electrons. The fourth-order valence-electron chi connectivity index (χ4n) is 2.54. The Kier molecular flexibility index (Phi) is 6.16. The summed E-state index contributed by atoms with van der Waals surface area (Å²) in [6.45, 7) is 10.2. The number of carbonyl (C=O) groups is 2. The highest BCUT2D eigenvalue weighted by Crippen LogP contribution is 2.29. The molecule has 0 saturated carbocycles. The molecule has 1 heterocycles. The predicted molar refractivity (Wildman–Crippen MR) is 83.4 cm³/mol. The highest BCUT2D eigenvalue weighted by Gasteiger charge is 2.41. The van der Waals surface area contributed by atoms with Crippen LogP contribution in [0.25, 0.3) is 0 Å². The number of piperazine rings is 1. The molecule has 2 amide bonds. The van der Waals surface area contributed by atoms with Crippen LogP contribution >= 0.6 is 0 Å². The first-order chi connectivity index (χ1) is 10.7. The smallest absolute Gasteiger partial charge is 0.410 e. The number of nitrogens with zero attached hydrogens (tertiary/aromatic N) is 2. The molecule has 0 spiro atoms. The van der Waals surface area contributed by atoms with E-state index in [0.29, 0.717) is 0 Å². The van der Waals surface area contributed by atoms with Crippen molar-refractivity contribution in [1.29, 1.82) is 0 Å². The van der Waals surface area contributed by atoms with Crippen LogP contribution in [0.1, 0.15) is 48.0 Å². The predicted octanol–water partition coefficient (Wildman–Crippen LogP) is 3.43. The van der Waals surface area contributed by atoms with Crippen molar-refractivity contribution >= 4 is 12.0 Å². The number of rotatable bonds is 2. The van der Waals surface area contributed by atoms with Gasteiger partial charge in [-0.25, -0.2) is 4.79 Å². The molecule has 5 nitrogen and oxygen atoms in total. The second-order valence-corrected chi connectivity index (χ2v) is 7.52. The van der Waals surface area contributed by atoms with Crippen molar-refractivity contribution < 1.29 is 27.5 Å². The summed E-state index contributed by atoms with van der Waals surface area (Å²) in [5.41, 5.74) is -0.630. The first-order valence-electron chi connectivity index (χ1n) is 8.08. The Bertz CT molecular complexity index is 474. The summed E-state index contributed by atoms with van der Waals surface area (Å²) in [7, 11) is 0. The van der Waals surface area contributed by atoms with Gasteiger partial charge in [-0.3, -0.25) is 4.79 Å². The Morgan fingerprint density at radius 1 is 1.08 bits per heavy atom. The number of halogens is 3. The number of hydrogen-bond donors (Lipinski definition) is 0. The van der Waals surface area contributed by atoms with Crippen molar-refractivity contribution in [3.05, 3.63) is 0 Å². The molecule has 0 aromatic heterocycles. The molecular formula is C16H27F3N2O3. The Balaban J connectivity index is 2.72. The molecule has 0 bridgehead atoms. The summed E-state index contributed by atoms with van der Waals surface area (Å²) in [6.07, 6.45) is -5.44. The van der Waals surface area contributed by atoms with Crippen LogP contribution in [0.5, 0.6) is 0 Å². The van der Waals surface area contributed by atoms with Crippen molar-refractivity contribution in [2.45, 2.75) is 71.8 Å². The average molecular weight is 352 g/mol. The average Bonchev–Trinajstić information content (AvgIpc) is 2.37. The van der Waals surface area contributed by atoms with Gasteiger partial charge in [-0.05, 0) is 34.6 Å². The molecule has 24 heavy (non-hydrogen) atoms. The lowest BCUT2D eigenvalue weighted by atomic mass is 10.0. The zero-order valence-electron chi connectivity index (χ0n) is 15.1. The largest absolute Gasteiger partial charge is 0.444 e. The van der Waals surface area contributed by atoms with Gasteiger partial charge in [0.15, 0.2) is 0 Å². The van der Waals surface area contributed by atoms with Crippen LogP contribution in [0.2, 0.25) is 0 Å². The number of hydrogen-bond acceptors (Lipinski definition) is 3. The lowest BCUT2D eigenvalue weighted by molar-refractivity contribution is -0.177. The summed E-state index contributed by atoms with van der Waals surface area (Å²) in [4.78, 5) is 27.4. The van der Waals surface area contributed by atoms with E-state index in [2.05, 4.69) is 0 Å². The van der Waals surface area contributed by atoms with Crippen LogP contribution in [0.3, 0.4) is 0 Å². The molecule has 1 saturated heterocycles. The highest BCUT2D eigenvalue weighted by molar-refractivity contribution is 5.77. The first-order valence-corrected chi connectivity index (χ1v) is 8.08. The van der Waals surface area contributed by atoms with Gasteiger partial charge in [0.2, 0.25) is 5.91 Å². The number of amides is 2. The summed E-state index contributed by atoms with van der Waals surface area (Å²) in [6, 6.07) is -0.678. The molecule has 0 N–H and O–H groups in total. The molecule has 0 radical (unpaired) electrons. The molecular weight excluding hydrogens is 325 g/mol. The molecule has 1 fully saturated rings. The molecule has 1 unspecified atom stereocenters. The highest BCUT2D eigenvalue weighted by atomic mass is 19.4. The third kappa shape index (κ3) is 5.56. The standard InChI is InChI=1S/C16H27F3N2O3/c1-10(16(17,18)19)7-13(22)20-8-12(3)21(9-11(20)2)14(23)24-15(4,5)6/h10-12H,7-9H2,1-6H3/t10?,11-,12+/m1/s1. The Morgan fingerprint density at radius 3 is 2.00 bits per heavy atom. The maximum absolute atomic E-state index is 12.6. The molecule has 8 heteroatoms. The normalized spacial score (nSPS) is 23.9. The SMILES string of the molecule is CC(CC(=O)N1C[C@H](C)N(C(=O)OC(C)(C)C)C[C@H]1C)C(F)(F)F. The summed E-state index contributed by atoms with van der Waals surface area (Å²) in [5.74, 6) is -2.22. The van der Waals surface area contributed by atoms with Crippen molar-refractivity contribution in [2.75, 3.05) is 13.1 Å². The van der Waals surface area contributed by atoms with E-state index in [-0.39, 0.29) is 25.2 Å². The van der Waals surface area contributed by atoms with E-state index < -0.39 is 36.1 Å². The van der Waals surface area contributed by atoms with Crippen molar-refractivity contribution in [3.8, 4) is 0 Å². The van der Waals surface area contributed by atoms with Crippen LogP contribution in [-0.2, 0) is 9.53 Å². The zero-order chi connectivity index (χ0) is 18.9. The molecule has 0 aliphatic carbocycles. The van der Waals surface area contributed by atoms with Crippen molar-refractivity contribution in [1.82, 2.24) is 9.80 Å². The Hall–Kier alpha value is -1.47. The van der Waals surface area contributed by atoms with E-state index in [0.717, 1.165) is 6.92 Å². The second-order valence-electron chi connectivity index (χ2n) is 7.52. The van der Waals surface area contributed by atoms with Crippen LogP contribution in [0, 0.1) is 5.92 Å². The van der Waals surface area contributed by atoms with Crippen molar-refractivity contribution in [2.24, 2.45) is 5.92 Å². The fourth-order valence-corrected chi connectivity index (χ4v) is 2.54.